The van der Waals surface area contributed by atoms with Gasteiger partial charge in [0.15, 0.2) is 0 Å². The molecule has 0 aliphatic rings. The molecule has 14 nitrogen and oxygen atoms in total. The van der Waals surface area contributed by atoms with E-state index in [0.29, 0.717) is 97.7 Å². The number of nitrogens with one attached hydrogen (secondary N) is 1. The molecule has 1 amide bonds. The second-order valence-corrected chi connectivity index (χ2v) is 13.1. The fraction of sp³-hybridized carbons (Fsp3) is 0.816. The number of nitrogens with zero attached hydrogens (tertiary/aromatic N) is 3. The summed E-state index contributed by atoms with van der Waals surface area (Å²) in [6.07, 6.45) is 6.87. The van der Waals surface area contributed by atoms with E-state index < -0.39 is 18.0 Å². The number of Topliss-reactive ketones (excluding diaryl/α,β-unsaturated/α-hetero) is 1. The lowest BCUT2D eigenvalue weighted by Gasteiger charge is -2.32. The van der Waals surface area contributed by atoms with Gasteiger partial charge in [-0.25, -0.2) is 0 Å². The highest BCUT2D eigenvalue weighted by molar-refractivity contribution is 5.80. The van der Waals surface area contributed by atoms with E-state index in [9.17, 15) is 34.2 Å². The van der Waals surface area contributed by atoms with Gasteiger partial charge in [-0.1, -0.05) is 54.0 Å². The molecule has 52 heavy (non-hydrogen) atoms. The molecule has 0 aromatic rings. The minimum absolute atomic E-state index is 0.0174. The molecule has 0 saturated heterocycles. The Balaban J connectivity index is 0. The molecular formula is C38H72N4O10. The highest BCUT2D eigenvalue weighted by Crippen LogP contribution is 2.11. The van der Waals surface area contributed by atoms with Crippen LogP contribution in [-0.4, -0.2) is 159 Å². The second-order valence-electron chi connectivity index (χ2n) is 13.1. The van der Waals surface area contributed by atoms with E-state index in [-0.39, 0.29) is 37.0 Å². The summed E-state index contributed by atoms with van der Waals surface area (Å²) in [5.74, 6) is -1.37. The molecule has 0 rings (SSSR count). The van der Waals surface area contributed by atoms with Gasteiger partial charge in [0.2, 0.25) is 5.91 Å². The number of ketones is 1. The average Bonchev–Trinajstić information content (AvgIpc) is 3.11. The highest BCUT2D eigenvalue weighted by atomic mass is 16.5. The zero-order valence-corrected chi connectivity index (χ0v) is 33.2. The maximum absolute atomic E-state index is 12.5. The Labute approximate surface area is 313 Å². The van der Waals surface area contributed by atoms with Crippen LogP contribution in [0.1, 0.15) is 86.5 Å². The quantitative estimate of drug-likeness (QED) is 0.0488. The highest BCUT2D eigenvalue weighted by Gasteiger charge is 2.26. The Bertz CT molecular complexity index is 953. The lowest BCUT2D eigenvalue weighted by molar-refractivity contribution is -0.144. The number of carboxylic acid groups (broad SMARTS) is 2. The first kappa shape index (κ1) is 51.4. The number of hydrogen-bond donors (Lipinski definition) is 3. The summed E-state index contributed by atoms with van der Waals surface area (Å²) in [5, 5.41) is 22.3. The van der Waals surface area contributed by atoms with E-state index >= 15 is 0 Å². The van der Waals surface area contributed by atoms with E-state index in [0.717, 1.165) is 38.6 Å². The van der Waals surface area contributed by atoms with Crippen LogP contribution in [0, 0.1) is 11.8 Å². The SMILES string of the molecule is C=CCN(CCC(C)CC)CCN(CCN(CCC)C(CCC(=O)NCCOCCOCCOCCC(=O)C(C)C)C(=O)O)CC(=O)O.CCC=O. The van der Waals surface area contributed by atoms with E-state index in [1.165, 1.54) is 0 Å². The molecule has 0 aliphatic carbocycles. The zero-order chi connectivity index (χ0) is 39.6. The normalized spacial score (nSPS) is 12.4. The smallest absolute Gasteiger partial charge is 0.320 e. The maximum Gasteiger partial charge on any atom is 0.320 e. The molecular weight excluding hydrogens is 672 g/mol. The zero-order valence-electron chi connectivity index (χ0n) is 33.2. The monoisotopic (exact) mass is 745 g/mol. The number of carboxylic acids is 2. The first-order chi connectivity index (χ1) is 24.9. The molecule has 0 spiro atoms. The summed E-state index contributed by atoms with van der Waals surface area (Å²) in [5.41, 5.74) is 0. The average molecular weight is 745 g/mol. The van der Waals surface area contributed by atoms with E-state index in [1.54, 1.807) is 0 Å². The molecule has 3 N–H and O–H groups in total. The van der Waals surface area contributed by atoms with Crippen LogP contribution < -0.4 is 5.32 Å². The molecule has 14 heteroatoms. The Morgan fingerprint density at radius 2 is 1.35 bits per heavy atom. The number of aliphatic carboxylic acids is 2. The standard InChI is InChI=1S/C35H66N4O9.C3H6O/c1-7-15-37(17-12-30(6)9-3)18-19-38(28-34(42)43)20-21-39(16-8-2)31(35(44)45)10-11-33(41)36-14-23-47-25-27-48-26-24-46-22-13-32(40)29(4)5;1-2-3-4/h7,29-31H,1,8-28H2,2-6H3,(H,36,41)(H,42,43)(H,44,45);3H,2H2,1H3. The van der Waals surface area contributed by atoms with Crippen LogP contribution in [0.25, 0.3) is 0 Å². The third-order valence-corrected chi connectivity index (χ3v) is 8.31. The molecule has 0 bridgehead atoms. The number of hydrogen-bond acceptors (Lipinski definition) is 11. The van der Waals surface area contributed by atoms with Crippen molar-refractivity contribution < 1.29 is 48.4 Å². The Hall–Kier alpha value is -2.75. The van der Waals surface area contributed by atoms with Gasteiger partial charge in [-0.15, -0.1) is 6.58 Å². The number of rotatable bonds is 35. The van der Waals surface area contributed by atoms with Gasteiger partial charge in [0.05, 0.1) is 46.2 Å². The third kappa shape index (κ3) is 30.8. The molecule has 0 aromatic carbocycles. The van der Waals surface area contributed by atoms with Crippen molar-refractivity contribution in [2.24, 2.45) is 11.8 Å². The van der Waals surface area contributed by atoms with Gasteiger partial charge >= 0.3 is 11.9 Å². The summed E-state index contributed by atoms with van der Waals surface area (Å²) in [4.78, 5) is 63.0. The van der Waals surface area contributed by atoms with Crippen LogP contribution in [0.5, 0.6) is 0 Å². The van der Waals surface area contributed by atoms with Gasteiger partial charge in [0, 0.05) is 64.4 Å². The Kier molecular flexibility index (Phi) is 34.9. The Morgan fingerprint density at radius 1 is 0.769 bits per heavy atom. The molecule has 0 heterocycles. The number of aldehydes is 1. The second kappa shape index (κ2) is 35.3. The number of amides is 1. The van der Waals surface area contributed by atoms with Gasteiger partial charge in [0.1, 0.15) is 18.1 Å². The van der Waals surface area contributed by atoms with Crippen LogP contribution in [0.15, 0.2) is 12.7 Å². The third-order valence-electron chi connectivity index (χ3n) is 8.31. The van der Waals surface area contributed by atoms with Gasteiger partial charge in [0.25, 0.3) is 0 Å². The van der Waals surface area contributed by atoms with Gasteiger partial charge in [-0.05, 0) is 38.3 Å². The molecule has 0 radical (unpaired) electrons. The molecule has 304 valence electrons. The van der Waals surface area contributed by atoms with Crippen LogP contribution in [0.3, 0.4) is 0 Å². The summed E-state index contributed by atoms with van der Waals surface area (Å²) in [6, 6.07) is -0.858. The first-order valence-corrected chi connectivity index (χ1v) is 19.1. The van der Waals surface area contributed by atoms with Crippen molar-refractivity contribution >= 4 is 29.9 Å². The number of ether oxygens (including phenoxy) is 3. The maximum atomic E-state index is 12.5. The van der Waals surface area contributed by atoms with Crippen molar-refractivity contribution in [3.05, 3.63) is 12.7 Å². The van der Waals surface area contributed by atoms with Crippen molar-refractivity contribution in [1.82, 2.24) is 20.0 Å². The molecule has 2 atom stereocenters. The predicted octanol–water partition coefficient (Wildman–Crippen LogP) is 3.62. The van der Waals surface area contributed by atoms with Gasteiger partial charge < -0.3 is 34.5 Å². The molecule has 0 fully saturated rings. The molecule has 0 saturated carbocycles. The van der Waals surface area contributed by atoms with Crippen molar-refractivity contribution in [3.8, 4) is 0 Å². The minimum Gasteiger partial charge on any atom is -0.480 e. The van der Waals surface area contributed by atoms with Crippen LogP contribution in [-0.2, 0) is 38.2 Å². The lowest BCUT2D eigenvalue weighted by Crippen LogP contribution is -2.47. The lowest BCUT2D eigenvalue weighted by atomic mass is 10.1. The van der Waals surface area contributed by atoms with Crippen LogP contribution in [0.4, 0.5) is 0 Å². The van der Waals surface area contributed by atoms with E-state index in [2.05, 4.69) is 30.6 Å². The van der Waals surface area contributed by atoms with E-state index in [1.807, 2.05) is 43.6 Å². The van der Waals surface area contributed by atoms with E-state index in [4.69, 9.17) is 14.2 Å². The summed E-state index contributed by atoms with van der Waals surface area (Å²) in [6.45, 7) is 22.4. The van der Waals surface area contributed by atoms with Gasteiger partial charge in [-0.3, -0.25) is 33.9 Å². The summed E-state index contributed by atoms with van der Waals surface area (Å²) < 4.78 is 16.3. The van der Waals surface area contributed by atoms with Crippen molar-refractivity contribution in [1.29, 1.82) is 0 Å². The van der Waals surface area contributed by atoms with Crippen molar-refractivity contribution in [3.63, 3.8) is 0 Å². The topological polar surface area (TPSA) is 175 Å². The fourth-order valence-electron chi connectivity index (χ4n) is 4.89. The number of carbonyl (C=O) groups is 5. The predicted molar refractivity (Wildman–Crippen MR) is 204 cm³/mol. The van der Waals surface area contributed by atoms with Gasteiger partial charge in [-0.2, -0.15) is 0 Å². The molecule has 2 unspecified atom stereocenters. The summed E-state index contributed by atoms with van der Waals surface area (Å²) in [7, 11) is 0. The molecule has 0 aromatic heterocycles. The largest absolute Gasteiger partial charge is 0.480 e. The minimum atomic E-state index is -0.999. The number of carbonyl (C=O) groups excluding carboxylic acids is 3. The van der Waals surface area contributed by atoms with Crippen molar-refractivity contribution in [2.75, 3.05) is 98.5 Å². The van der Waals surface area contributed by atoms with Crippen molar-refractivity contribution in [2.45, 2.75) is 92.5 Å². The Morgan fingerprint density at radius 3 is 1.87 bits per heavy atom. The fourth-order valence-corrected chi connectivity index (χ4v) is 4.89. The van der Waals surface area contributed by atoms with Crippen LogP contribution >= 0.6 is 0 Å². The molecule has 0 aliphatic heterocycles. The first-order valence-electron chi connectivity index (χ1n) is 19.1. The van der Waals surface area contributed by atoms with Crippen LogP contribution in [0.2, 0.25) is 0 Å². The summed E-state index contributed by atoms with van der Waals surface area (Å²) >= 11 is 0.